The van der Waals surface area contributed by atoms with Gasteiger partial charge < -0.3 is 40.7 Å². The van der Waals surface area contributed by atoms with E-state index in [0.29, 0.717) is 11.3 Å². The summed E-state index contributed by atoms with van der Waals surface area (Å²) in [7, 11) is 0. The Hall–Kier alpha value is -5.79. The Kier molecular flexibility index (Phi) is 12.1. The molecule has 16 nitrogen and oxygen atoms in total. The standard InChI is InChI=1S/C49H54F2N4O12/c1-25(29-10-12-31(13-11-29)54-43(64)27(3)53-42(63)26(2)52-39(60)17-19-55-40(61)14-15-41(55)62)28-6-8-30(9-7-28)44-66-47(65)22-35-33-21-36(50)34-20-32(57)16-18-45(34,4)48(33,51)37(58)23-46(35,5)49(47,67-44)38(59)24-56/h6-16,18,20,25-27,33,35-37,44,56,58,65H,17,19,21-24H2,1-5H3,(H,52,60)(H,53,63)(H,54,64)/t25-,26+,27+,33+,35+,36+,37+,44-,45+,46+,47-,48+,49+/m1/s1. The maximum Gasteiger partial charge on any atom is 0.253 e. The van der Waals surface area contributed by atoms with Crippen LogP contribution in [0.5, 0.6) is 0 Å². The lowest BCUT2D eigenvalue weighted by Crippen LogP contribution is -2.71. The van der Waals surface area contributed by atoms with Gasteiger partial charge in [-0.3, -0.25) is 38.5 Å². The van der Waals surface area contributed by atoms with Crippen LogP contribution >= 0.6 is 0 Å². The van der Waals surface area contributed by atoms with Crippen molar-refractivity contribution in [1.29, 1.82) is 0 Å². The number of rotatable bonds is 13. The third-order valence-electron chi connectivity index (χ3n) is 15.4. The number of ether oxygens (including phenoxy) is 2. The van der Waals surface area contributed by atoms with Crippen LogP contribution in [0.1, 0.15) is 89.2 Å². The SMILES string of the molecule is C[C@@H](c1ccc(NC(=O)[C@H](C)NC(=O)[C@H](C)NC(=O)CCN2C(=O)C=CC2=O)cc1)c1ccc([C@H]2O[C@]3(C(=O)CO)[C@@](O)(C[C@H]4[C@@H]5C[C@H](F)C6=CC(=O)C=C[C@]6(C)[C@@]5(F)[C@@H](O)C[C@@]43C)O2)cc1. The van der Waals surface area contributed by atoms with Gasteiger partial charge in [-0.15, -0.1) is 0 Å². The van der Waals surface area contributed by atoms with Crippen molar-refractivity contribution in [2.45, 2.75) is 114 Å². The summed E-state index contributed by atoms with van der Waals surface area (Å²) < 4.78 is 46.5. The number of fused-ring (bicyclic) bond motifs is 7. The highest BCUT2D eigenvalue weighted by Gasteiger charge is 2.84. The first-order valence-electron chi connectivity index (χ1n) is 22.4. The molecule has 6 N–H and O–H groups in total. The molecule has 2 heterocycles. The number of alkyl halides is 2. The number of carbonyl (C=O) groups excluding carboxylic acids is 7. The van der Waals surface area contributed by atoms with Crippen molar-refractivity contribution in [3.8, 4) is 0 Å². The number of halogens is 2. The van der Waals surface area contributed by atoms with Gasteiger partial charge in [-0.1, -0.05) is 56.3 Å². The molecule has 0 bridgehead atoms. The lowest BCUT2D eigenvalue weighted by atomic mass is 9.44. The smallest absolute Gasteiger partial charge is 0.253 e. The van der Waals surface area contributed by atoms with Gasteiger partial charge in [0.2, 0.25) is 23.5 Å². The van der Waals surface area contributed by atoms with E-state index < -0.39 is 131 Å². The predicted molar refractivity (Wildman–Crippen MR) is 233 cm³/mol. The zero-order valence-electron chi connectivity index (χ0n) is 37.6. The summed E-state index contributed by atoms with van der Waals surface area (Å²) in [6.45, 7) is 6.71. The monoisotopic (exact) mass is 928 g/mol. The van der Waals surface area contributed by atoms with E-state index in [0.717, 1.165) is 40.3 Å². The molecule has 0 spiro atoms. The quantitative estimate of drug-likeness (QED) is 0.159. The van der Waals surface area contributed by atoms with E-state index in [9.17, 15) is 48.9 Å². The van der Waals surface area contributed by atoms with E-state index in [2.05, 4.69) is 16.0 Å². The van der Waals surface area contributed by atoms with Gasteiger partial charge in [0.05, 0.1) is 6.10 Å². The largest absolute Gasteiger partial charge is 0.390 e. The molecular weight excluding hydrogens is 875 g/mol. The van der Waals surface area contributed by atoms with Crippen LogP contribution in [0.2, 0.25) is 0 Å². The van der Waals surface area contributed by atoms with Crippen LogP contribution < -0.4 is 16.0 Å². The van der Waals surface area contributed by atoms with E-state index in [1.165, 1.54) is 26.8 Å². The minimum Gasteiger partial charge on any atom is -0.390 e. The number of aliphatic hydroxyl groups excluding tert-OH is 2. The van der Waals surface area contributed by atoms with Crippen molar-refractivity contribution in [2.24, 2.45) is 22.7 Å². The molecule has 8 rings (SSSR count). The van der Waals surface area contributed by atoms with Crippen molar-refractivity contribution < 1.29 is 67.1 Å². The third kappa shape index (κ3) is 7.47. The fraction of sp³-hybridized carbons (Fsp3) is 0.490. The summed E-state index contributed by atoms with van der Waals surface area (Å²) in [6, 6.07) is 12.1. The summed E-state index contributed by atoms with van der Waals surface area (Å²) in [6.07, 6.45) is -0.469. The highest BCUT2D eigenvalue weighted by Crippen LogP contribution is 2.74. The molecule has 4 fully saturated rings. The zero-order valence-corrected chi connectivity index (χ0v) is 37.6. The Morgan fingerprint density at radius 2 is 1.46 bits per heavy atom. The average molecular weight is 929 g/mol. The van der Waals surface area contributed by atoms with E-state index in [4.69, 9.17) is 9.47 Å². The van der Waals surface area contributed by atoms with Crippen molar-refractivity contribution in [2.75, 3.05) is 18.5 Å². The molecule has 356 valence electrons. The Balaban J connectivity index is 0.897. The molecule has 0 unspecified atom stereocenters. The minimum absolute atomic E-state index is 0.0659. The number of aliphatic hydroxyl groups is 3. The molecule has 67 heavy (non-hydrogen) atoms. The van der Waals surface area contributed by atoms with E-state index >= 15 is 8.78 Å². The normalized spacial score (nSPS) is 35.1. The van der Waals surface area contributed by atoms with Crippen molar-refractivity contribution >= 4 is 46.8 Å². The van der Waals surface area contributed by atoms with Gasteiger partial charge in [0, 0.05) is 65.5 Å². The first-order valence-corrected chi connectivity index (χ1v) is 22.4. The number of hydrogen-bond acceptors (Lipinski definition) is 12. The van der Waals surface area contributed by atoms with Gasteiger partial charge in [0.1, 0.15) is 24.9 Å². The molecule has 6 aliphatic rings. The summed E-state index contributed by atoms with van der Waals surface area (Å²) in [5.41, 5.74) is -5.44. The molecule has 2 aromatic carbocycles. The number of ketones is 2. The summed E-state index contributed by atoms with van der Waals surface area (Å²) in [5, 5.41) is 42.3. The molecule has 3 saturated carbocycles. The molecule has 4 aliphatic carbocycles. The molecular formula is C49H54F2N4O12. The van der Waals surface area contributed by atoms with Crippen LogP contribution in [-0.2, 0) is 43.0 Å². The Morgan fingerprint density at radius 1 is 0.851 bits per heavy atom. The van der Waals surface area contributed by atoms with Crippen LogP contribution in [0, 0.1) is 22.7 Å². The average Bonchev–Trinajstić information content (AvgIpc) is 3.86. The van der Waals surface area contributed by atoms with Crippen molar-refractivity contribution in [3.05, 3.63) is 101 Å². The second-order valence-corrected chi connectivity index (χ2v) is 19.1. The second kappa shape index (κ2) is 17.1. The number of nitrogens with one attached hydrogen (secondary N) is 3. The summed E-state index contributed by atoms with van der Waals surface area (Å²) in [5.74, 6) is -8.91. The second-order valence-electron chi connectivity index (χ2n) is 19.1. The molecule has 1 saturated heterocycles. The molecule has 5 amide bonds. The highest BCUT2D eigenvalue weighted by molar-refractivity contribution is 6.13. The topological polar surface area (TPSA) is 238 Å². The number of nitrogens with zero attached hydrogens (tertiary/aromatic N) is 1. The van der Waals surface area contributed by atoms with E-state index in [-0.39, 0.29) is 30.9 Å². The fourth-order valence-corrected chi connectivity index (χ4v) is 11.7. The molecule has 0 radical (unpaired) electrons. The van der Waals surface area contributed by atoms with Gasteiger partial charge in [-0.05, 0) is 80.5 Å². The number of benzene rings is 2. The number of anilines is 1. The molecule has 2 aliphatic heterocycles. The number of hydrogen-bond donors (Lipinski definition) is 6. The van der Waals surface area contributed by atoms with Crippen molar-refractivity contribution in [1.82, 2.24) is 15.5 Å². The number of imide groups is 1. The first kappa shape index (κ1) is 47.7. The lowest BCUT2D eigenvalue weighted by Gasteiger charge is -2.63. The third-order valence-corrected chi connectivity index (χ3v) is 15.4. The lowest BCUT2D eigenvalue weighted by molar-refractivity contribution is -0.236. The number of carbonyl (C=O) groups is 7. The van der Waals surface area contributed by atoms with Gasteiger partial charge in [0.25, 0.3) is 11.8 Å². The maximum atomic E-state index is 17.8. The van der Waals surface area contributed by atoms with Crippen LogP contribution in [-0.4, -0.2) is 116 Å². The number of amides is 5. The molecule has 2 aromatic rings. The summed E-state index contributed by atoms with van der Waals surface area (Å²) in [4.78, 5) is 88.6. The van der Waals surface area contributed by atoms with Crippen LogP contribution in [0.4, 0.5) is 14.5 Å². The van der Waals surface area contributed by atoms with Crippen molar-refractivity contribution in [3.63, 3.8) is 0 Å². The summed E-state index contributed by atoms with van der Waals surface area (Å²) >= 11 is 0. The minimum atomic E-state index is -2.48. The molecule has 18 heteroatoms. The van der Waals surface area contributed by atoms with Crippen LogP contribution in [0.3, 0.4) is 0 Å². The predicted octanol–water partition coefficient (Wildman–Crippen LogP) is 3.06. The first-order chi connectivity index (χ1) is 31.5. The molecule has 0 aromatic heterocycles. The van der Waals surface area contributed by atoms with Gasteiger partial charge in [-0.25, -0.2) is 8.78 Å². The van der Waals surface area contributed by atoms with Gasteiger partial charge in [-0.2, -0.15) is 0 Å². The number of allylic oxidation sites excluding steroid dienone is 4. The highest BCUT2D eigenvalue weighted by atomic mass is 19.1. The maximum absolute atomic E-state index is 17.8. The van der Waals surface area contributed by atoms with E-state index in [1.807, 2.05) is 31.2 Å². The fourth-order valence-electron chi connectivity index (χ4n) is 11.7. The van der Waals surface area contributed by atoms with Gasteiger partial charge >= 0.3 is 0 Å². The Morgan fingerprint density at radius 3 is 2.09 bits per heavy atom. The molecule has 13 atom stereocenters. The van der Waals surface area contributed by atoms with E-state index in [1.54, 1.807) is 31.2 Å². The Labute approximate surface area is 384 Å². The van der Waals surface area contributed by atoms with Crippen LogP contribution in [0.15, 0.2) is 84.5 Å². The number of Topliss-reactive ketones (excluding diaryl/α,β-unsaturated/α-hetero) is 1. The van der Waals surface area contributed by atoms with Gasteiger partial charge in [0.15, 0.2) is 29.1 Å². The van der Waals surface area contributed by atoms with Crippen LogP contribution in [0.25, 0.3) is 0 Å². The Bertz CT molecular complexity index is 2500. The zero-order chi connectivity index (χ0) is 48.6.